The molecule has 0 radical (unpaired) electrons. The highest BCUT2D eigenvalue weighted by atomic mass is 16.5. The zero-order valence-electron chi connectivity index (χ0n) is 9.12. The van der Waals surface area contributed by atoms with Gasteiger partial charge in [-0.05, 0) is 33.1 Å². The Morgan fingerprint density at radius 3 is 2.57 bits per heavy atom. The topological polar surface area (TPSA) is 66.8 Å². The van der Waals surface area contributed by atoms with Crippen molar-refractivity contribution in [3.8, 4) is 0 Å². The molecule has 0 aromatic rings. The van der Waals surface area contributed by atoms with Crippen LogP contribution in [0.2, 0.25) is 0 Å². The molecule has 0 amide bonds. The second-order valence-corrected chi connectivity index (χ2v) is 4.02. The van der Waals surface area contributed by atoms with Crippen LogP contribution in [0.4, 0.5) is 0 Å². The highest BCUT2D eigenvalue weighted by Gasteiger charge is 2.21. The van der Waals surface area contributed by atoms with Crippen LogP contribution in [-0.4, -0.2) is 34.5 Å². The molecule has 4 nitrogen and oxygen atoms in total. The average Bonchev–Trinajstić information content (AvgIpc) is 2.00. The number of hydrogen-bond acceptors (Lipinski definition) is 4. The van der Waals surface area contributed by atoms with Gasteiger partial charge >= 0.3 is 5.97 Å². The Morgan fingerprint density at radius 1 is 1.57 bits per heavy atom. The van der Waals surface area contributed by atoms with Crippen molar-refractivity contribution in [2.75, 3.05) is 6.61 Å². The quantitative estimate of drug-likeness (QED) is 0.629. The summed E-state index contributed by atoms with van der Waals surface area (Å²) in [4.78, 5) is 10.5. The number of aliphatic hydroxyl groups excluding tert-OH is 1. The van der Waals surface area contributed by atoms with E-state index in [0.717, 1.165) is 0 Å². The van der Waals surface area contributed by atoms with Gasteiger partial charge in [-0.15, -0.1) is 0 Å². The molecular weight excluding hydrogens is 184 g/mol. The molecule has 0 aromatic heterocycles. The van der Waals surface area contributed by atoms with Crippen LogP contribution in [-0.2, 0) is 9.53 Å². The van der Waals surface area contributed by atoms with Gasteiger partial charge in [0.25, 0.3) is 0 Å². The maximum Gasteiger partial charge on any atom is 0.302 e. The Hall–Kier alpha value is -0.610. The van der Waals surface area contributed by atoms with Crippen LogP contribution in [0.5, 0.6) is 0 Å². The molecule has 0 heterocycles. The third kappa shape index (κ3) is 8.01. The van der Waals surface area contributed by atoms with Gasteiger partial charge < -0.3 is 14.9 Å². The van der Waals surface area contributed by atoms with Gasteiger partial charge in [0.05, 0.1) is 11.7 Å². The summed E-state index contributed by atoms with van der Waals surface area (Å²) >= 11 is 0. The first kappa shape index (κ1) is 13.4. The van der Waals surface area contributed by atoms with Crippen molar-refractivity contribution in [3.63, 3.8) is 0 Å². The Kier molecular flexibility index (Phi) is 5.72. The van der Waals surface area contributed by atoms with E-state index >= 15 is 0 Å². The highest BCUT2D eigenvalue weighted by Crippen LogP contribution is 2.15. The third-order valence-electron chi connectivity index (χ3n) is 1.92. The summed E-state index contributed by atoms with van der Waals surface area (Å²) in [7, 11) is 0. The first-order chi connectivity index (χ1) is 6.33. The van der Waals surface area contributed by atoms with Crippen molar-refractivity contribution in [1.82, 2.24) is 0 Å². The summed E-state index contributed by atoms with van der Waals surface area (Å²) in [5.41, 5.74) is -0.986. The molecule has 14 heavy (non-hydrogen) atoms. The van der Waals surface area contributed by atoms with Gasteiger partial charge in [0.2, 0.25) is 0 Å². The van der Waals surface area contributed by atoms with Crippen LogP contribution in [0.3, 0.4) is 0 Å². The van der Waals surface area contributed by atoms with Crippen LogP contribution < -0.4 is 0 Å². The molecule has 2 unspecified atom stereocenters. The molecule has 0 saturated heterocycles. The second kappa shape index (κ2) is 5.98. The van der Waals surface area contributed by atoms with E-state index in [9.17, 15) is 9.90 Å². The summed E-state index contributed by atoms with van der Waals surface area (Å²) in [6.45, 7) is 4.66. The number of rotatable bonds is 6. The van der Waals surface area contributed by atoms with Gasteiger partial charge in [-0.3, -0.25) is 4.79 Å². The zero-order valence-corrected chi connectivity index (χ0v) is 9.12. The van der Waals surface area contributed by atoms with Gasteiger partial charge in [-0.2, -0.15) is 0 Å². The Bertz CT molecular complexity index is 175. The molecule has 2 atom stereocenters. The highest BCUT2D eigenvalue weighted by molar-refractivity contribution is 5.65. The molecule has 0 saturated carbocycles. The molecule has 4 heteroatoms. The maximum absolute atomic E-state index is 10.5. The van der Waals surface area contributed by atoms with Crippen LogP contribution in [0, 0.1) is 0 Å². The smallest absolute Gasteiger partial charge is 0.302 e. The van der Waals surface area contributed by atoms with E-state index in [1.807, 2.05) is 0 Å². The van der Waals surface area contributed by atoms with E-state index in [4.69, 9.17) is 9.84 Å². The van der Waals surface area contributed by atoms with E-state index in [0.29, 0.717) is 19.3 Å². The first-order valence-corrected chi connectivity index (χ1v) is 4.87. The minimum atomic E-state index is -0.986. The number of esters is 1. The monoisotopic (exact) mass is 204 g/mol. The van der Waals surface area contributed by atoms with E-state index in [2.05, 4.69) is 0 Å². The number of carbonyl (C=O) groups excluding carboxylic acids is 1. The lowest BCUT2D eigenvalue weighted by Crippen LogP contribution is -2.31. The molecule has 0 fully saturated rings. The van der Waals surface area contributed by atoms with Gasteiger partial charge in [0.15, 0.2) is 0 Å². The van der Waals surface area contributed by atoms with E-state index in [1.165, 1.54) is 6.92 Å². The maximum atomic E-state index is 10.5. The van der Waals surface area contributed by atoms with Crippen LogP contribution in [0.15, 0.2) is 0 Å². The summed E-state index contributed by atoms with van der Waals surface area (Å²) in [6.07, 6.45) is 1.53. The zero-order chi connectivity index (χ0) is 11.2. The average molecular weight is 204 g/mol. The molecule has 0 aliphatic rings. The Balaban J connectivity index is 3.66. The third-order valence-corrected chi connectivity index (χ3v) is 1.92. The van der Waals surface area contributed by atoms with Crippen LogP contribution in [0.1, 0.15) is 40.0 Å². The van der Waals surface area contributed by atoms with Crippen molar-refractivity contribution in [3.05, 3.63) is 0 Å². The lowest BCUT2D eigenvalue weighted by atomic mass is 9.99. The minimum Gasteiger partial charge on any atom is -0.463 e. The van der Waals surface area contributed by atoms with E-state index < -0.39 is 5.60 Å². The molecule has 0 aliphatic heterocycles. The van der Waals surface area contributed by atoms with Gasteiger partial charge in [0, 0.05) is 6.92 Å². The summed E-state index contributed by atoms with van der Waals surface area (Å²) in [5.74, 6) is -0.388. The summed E-state index contributed by atoms with van der Waals surface area (Å²) in [6, 6.07) is 0. The van der Waals surface area contributed by atoms with Crippen LogP contribution in [0.25, 0.3) is 0 Å². The van der Waals surface area contributed by atoms with Gasteiger partial charge in [-0.25, -0.2) is 0 Å². The predicted octanol–water partition coefficient (Wildman–Crippen LogP) is 0.852. The van der Waals surface area contributed by atoms with Gasteiger partial charge in [0.1, 0.15) is 6.61 Å². The Labute approximate surface area is 84.9 Å². The standard InChI is InChI=1S/C10H20O4/c1-8(11)5-4-6-10(3,13)7-14-9(2)12/h8,11,13H,4-7H2,1-3H3. The first-order valence-electron chi connectivity index (χ1n) is 4.87. The SMILES string of the molecule is CC(=O)OCC(C)(O)CCCC(C)O. The fourth-order valence-electron chi connectivity index (χ4n) is 1.11. The molecule has 0 rings (SSSR count). The van der Waals surface area contributed by atoms with Crippen LogP contribution >= 0.6 is 0 Å². The van der Waals surface area contributed by atoms with Crippen molar-refractivity contribution in [2.24, 2.45) is 0 Å². The molecule has 84 valence electrons. The lowest BCUT2D eigenvalue weighted by Gasteiger charge is -2.22. The minimum absolute atomic E-state index is 0.0160. The molecule has 2 N–H and O–H groups in total. The molecule has 0 spiro atoms. The fraction of sp³-hybridized carbons (Fsp3) is 0.900. The number of aliphatic hydroxyl groups is 2. The second-order valence-electron chi connectivity index (χ2n) is 4.02. The fourth-order valence-corrected chi connectivity index (χ4v) is 1.11. The molecule has 0 aliphatic carbocycles. The number of ether oxygens (including phenoxy) is 1. The number of hydrogen-bond donors (Lipinski definition) is 2. The van der Waals surface area contributed by atoms with Crippen molar-refractivity contribution >= 4 is 5.97 Å². The van der Waals surface area contributed by atoms with Crippen molar-refractivity contribution < 1.29 is 19.7 Å². The van der Waals surface area contributed by atoms with E-state index in [-0.39, 0.29) is 18.7 Å². The van der Waals surface area contributed by atoms with Gasteiger partial charge in [-0.1, -0.05) is 0 Å². The summed E-state index contributed by atoms with van der Waals surface area (Å²) in [5, 5.41) is 18.7. The molecular formula is C10H20O4. The normalized spacial score (nSPS) is 17.2. The predicted molar refractivity (Wildman–Crippen MR) is 52.8 cm³/mol. The van der Waals surface area contributed by atoms with Crippen molar-refractivity contribution in [1.29, 1.82) is 0 Å². The lowest BCUT2D eigenvalue weighted by molar-refractivity contribution is -0.148. The van der Waals surface area contributed by atoms with E-state index in [1.54, 1.807) is 13.8 Å². The number of carbonyl (C=O) groups is 1. The largest absolute Gasteiger partial charge is 0.463 e. The Morgan fingerprint density at radius 2 is 2.14 bits per heavy atom. The van der Waals surface area contributed by atoms with Crippen molar-refractivity contribution in [2.45, 2.75) is 51.7 Å². The molecule has 0 aromatic carbocycles. The molecule has 0 bridgehead atoms. The summed E-state index contributed by atoms with van der Waals surface area (Å²) < 4.78 is 4.71.